The van der Waals surface area contributed by atoms with Gasteiger partial charge < -0.3 is 5.32 Å². The second-order valence-corrected chi connectivity index (χ2v) is 5.29. The quantitative estimate of drug-likeness (QED) is 0.629. The molecule has 1 amide bonds. The van der Waals surface area contributed by atoms with Gasteiger partial charge in [-0.3, -0.25) is 4.79 Å². The molecule has 82 valence electrons. The summed E-state index contributed by atoms with van der Waals surface area (Å²) in [5.74, 6) is 0.00782. The van der Waals surface area contributed by atoms with E-state index in [1.807, 2.05) is 31.2 Å². The number of rotatable bonds is 4. The van der Waals surface area contributed by atoms with Crippen molar-refractivity contribution < 1.29 is 4.79 Å². The summed E-state index contributed by atoms with van der Waals surface area (Å²) in [6, 6.07) is 7.79. The van der Waals surface area contributed by atoms with Gasteiger partial charge in [0.05, 0.1) is 5.56 Å². The Morgan fingerprint density at radius 2 is 2.20 bits per heavy atom. The van der Waals surface area contributed by atoms with Gasteiger partial charge in [-0.25, -0.2) is 0 Å². The number of halogens is 2. The normalized spacial score (nSPS) is 12.2. The fraction of sp³-hybridized carbons (Fsp3) is 0.364. The van der Waals surface area contributed by atoms with E-state index in [-0.39, 0.29) is 11.9 Å². The van der Waals surface area contributed by atoms with Gasteiger partial charge in [0.1, 0.15) is 0 Å². The fourth-order valence-electron chi connectivity index (χ4n) is 1.18. The highest BCUT2D eigenvalue weighted by Gasteiger charge is 2.11. The summed E-state index contributed by atoms with van der Waals surface area (Å²) in [6.45, 7) is 2.01. The molecule has 1 N–H and O–H groups in total. The zero-order chi connectivity index (χ0) is 11.3. The van der Waals surface area contributed by atoms with Crippen LogP contribution in [0, 0.1) is 3.57 Å². The van der Waals surface area contributed by atoms with Gasteiger partial charge in [0.2, 0.25) is 0 Å². The second kappa shape index (κ2) is 6.48. The number of nitrogens with one attached hydrogen (secondary N) is 1. The van der Waals surface area contributed by atoms with Gasteiger partial charge in [-0.2, -0.15) is 0 Å². The van der Waals surface area contributed by atoms with Crippen LogP contribution < -0.4 is 5.32 Å². The smallest absolute Gasteiger partial charge is 0.252 e. The van der Waals surface area contributed by atoms with Crippen molar-refractivity contribution >= 4 is 44.4 Å². The molecule has 0 saturated heterocycles. The Kier molecular flexibility index (Phi) is 5.60. The SMILES string of the molecule is CC(CCBr)NC(=O)c1ccccc1I. The molecule has 0 heterocycles. The molecule has 15 heavy (non-hydrogen) atoms. The van der Waals surface area contributed by atoms with E-state index >= 15 is 0 Å². The van der Waals surface area contributed by atoms with Crippen molar-refractivity contribution in [3.8, 4) is 0 Å². The van der Waals surface area contributed by atoms with Crippen LogP contribution >= 0.6 is 38.5 Å². The second-order valence-electron chi connectivity index (χ2n) is 3.33. The summed E-state index contributed by atoms with van der Waals surface area (Å²) in [5.41, 5.74) is 0.750. The minimum absolute atomic E-state index is 0.00782. The number of benzene rings is 1. The van der Waals surface area contributed by atoms with Gasteiger partial charge in [0.25, 0.3) is 5.91 Å². The van der Waals surface area contributed by atoms with Crippen molar-refractivity contribution in [2.45, 2.75) is 19.4 Å². The number of hydrogen-bond acceptors (Lipinski definition) is 1. The van der Waals surface area contributed by atoms with Crippen molar-refractivity contribution in [3.63, 3.8) is 0 Å². The molecule has 1 rings (SSSR count). The number of hydrogen-bond donors (Lipinski definition) is 1. The number of carbonyl (C=O) groups excluding carboxylic acids is 1. The molecule has 0 aromatic heterocycles. The summed E-state index contributed by atoms with van der Waals surface area (Å²) in [5, 5.41) is 3.87. The Balaban J connectivity index is 2.65. The Bertz CT molecular complexity index is 343. The Morgan fingerprint density at radius 1 is 1.53 bits per heavy atom. The molecule has 0 saturated carbocycles. The maximum Gasteiger partial charge on any atom is 0.252 e. The Morgan fingerprint density at radius 3 is 2.80 bits per heavy atom. The highest BCUT2D eigenvalue weighted by atomic mass is 127. The first kappa shape index (κ1) is 13.0. The van der Waals surface area contributed by atoms with Crippen LogP contribution in [-0.2, 0) is 0 Å². The van der Waals surface area contributed by atoms with E-state index in [1.165, 1.54) is 0 Å². The van der Waals surface area contributed by atoms with Gasteiger partial charge in [0.15, 0.2) is 0 Å². The average molecular weight is 382 g/mol. The highest BCUT2D eigenvalue weighted by Crippen LogP contribution is 2.11. The molecule has 0 aliphatic heterocycles. The van der Waals surface area contributed by atoms with E-state index in [0.29, 0.717) is 0 Å². The van der Waals surface area contributed by atoms with E-state index in [9.17, 15) is 4.79 Å². The first-order valence-corrected chi connectivity index (χ1v) is 6.96. The molecular weight excluding hydrogens is 369 g/mol. The topological polar surface area (TPSA) is 29.1 Å². The standard InChI is InChI=1S/C11H13BrINO/c1-8(6-7-12)14-11(15)9-4-2-3-5-10(9)13/h2-5,8H,6-7H2,1H3,(H,14,15). The van der Waals surface area contributed by atoms with Crippen molar-refractivity contribution in [2.75, 3.05) is 5.33 Å². The van der Waals surface area contributed by atoms with Crippen LogP contribution in [-0.4, -0.2) is 17.3 Å². The number of amides is 1. The van der Waals surface area contributed by atoms with Crippen LogP contribution in [0.2, 0.25) is 0 Å². The van der Waals surface area contributed by atoms with Gasteiger partial charge in [-0.05, 0) is 48.1 Å². The summed E-state index contributed by atoms with van der Waals surface area (Å²) >= 11 is 5.53. The van der Waals surface area contributed by atoms with Crippen molar-refractivity contribution in [2.24, 2.45) is 0 Å². The highest BCUT2D eigenvalue weighted by molar-refractivity contribution is 14.1. The Labute approximate surface area is 112 Å². The lowest BCUT2D eigenvalue weighted by Gasteiger charge is -2.12. The first-order valence-electron chi connectivity index (χ1n) is 4.76. The van der Waals surface area contributed by atoms with Gasteiger partial charge >= 0.3 is 0 Å². The largest absolute Gasteiger partial charge is 0.350 e. The predicted octanol–water partition coefficient (Wildman–Crippen LogP) is 3.19. The summed E-state index contributed by atoms with van der Waals surface area (Å²) in [7, 11) is 0. The molecule has 0 aliphatic rings. The van der Waals surface area contributed by atoms with E-state index < -0.39 is 0 Å². The van der Waals surface area contributed by atoms with Gasteiger partial charge in [-0.1, -0.05) is 28.1 Å². The molecule has 0 bridgehead atoms. The average Bonchev–Trinajstić information content (AvgIpc) is 2.18. The van der Waals surface area contributed by atoms with E-state index in [0.717, 1.165) is 20.9 Å². The van der Waals surface area contributed by atoms with E-state index in [1.54, 1.807) is 0 Å². The first-order chi connectivity index (χ1) is 7.15. The molecule has 2 nitrogen and oxygen atoms in total. The van der Waals surface area contributed by atoms with Crippen LogP contribution in [0.15, 0.2) is 24.3 Å². The molecule has 1 aromatic carbocycles. The molecule has 0 spiro atoms. The van der Waals surface area contributed by atoms with E-state index in [2.05, 4.69) is 43.8 Å². The fourth-order valence-corrected chi connectivity index (χ4v) is 2.50. The number of carbonyl (C=O) groups is 1. The Hall–Kier alpha value is -0.100. The van der Waals surface area contributed by atoms with Crippen molar-refractivity contribution in [1.82, 2.24) is 5.32 Å². The van der Waals surface area contributed by atoms with Crippen LogP contribution in [0.1, 0.15) is 23.7 Å². The third kappa shape index (κ3) is 4.10. The number of alkyl halides is 1. The minimum atomic E-state index is 0.00782. The minimum Gasteiger partial charge on any atom is -0.350 e. The monoisotopic (exact) mass is 381 g/mol. The van der Waals surface area contributed by atoms with Crippen LogP contribution in [0.25, 0.3) is 0 Å². The molecule has 1 unspecified atom stereocenters. The molecular formula is C11H13BrINO. The summed E-state index contributed by atoms with van der Waals surface area (Å²) < 4.78 is 0.985. The molecule has 4 heteroatoms. The third-order valence-electron chi connectivity index (χ3n) is 2.04. The lowest BCUT2D eigenvalue weighted by Crippen LogP contribution is -2.33. The van der Waals surface area contributed by atoms with Crippen LogP contribution in [0.3, 0.4) is 0 Å². The third-order valence-corrected chi connectivity index (χ3v) is 3.44. The predicted molar refractivity (Wildman–Crippen MR) is 74.5 cm³/mol. The van der Waals surface area contributed by atoms with E-state index in [4.69, 9.17) is 0 Å². The molecule has 0 aliphatic carbocycles. The van der Waals surface area contributed by atoms with Crippen LogP contribution in [0.4, 0.5) is 0 Å². The molecule has 1 aromatic rings. The maximum atomic E-state index is 11.8. The van der Waals surface area contributed by atoms with Crippen molar-refractivity contribution in [1.29, 1.82) is 0 Å². The maximum absolute atomic E-state index is 11.8. The van der Waals surface area contributed by atoms with Gasteiger partial charge in [-0.15, -0.1) is 0 Å². The van der Waals surface area contributed by atoms with Gasteiger partial charge in [0, 0.05) is 14.9 Å². The lowest BCUT2D eigenvalue weighted by atomic mass is 10.2. The zero-order valence-corrected chi connectivity index (χ0v) is 12.2. The zero-order valence-electron chi connectivity index (χ0n) is 8.47. The van der Waals surface area contributed by atoms with Crippen molar-refractivity contribution in [3.05, 3.63) is 33.4 Å². The summed E-state index contributed by atoms with van der Waals surface area (Å²) in [4.78, 5) is 11.8. The molecule has 0 fully saturated rings. The summed E-state index contributed by atoms with van der Waals surface area (Å²) in [6.07, 6.45) is 0.940. The van der Waals surface area contributed by atoms with Crippen LogP contribution in [0.5, 0.6) is 0 Å². The lowest BCUT2D eigenvalue weighted by molar-refractivity contribution is 0.0938. The molecule has 0 radical (unpaired) electrons. The molecule has 1 atom stereocenters.